The van der Waals surface area contributed by atoms with E-state index in [9.17, 15) is 0 Å². The quantitative estimate of drug-likeness (QED) is 0.254. The van der Waals surface area contributed by atoms with Gasteiger partial charge in [-0.15, -0.1) is 0 Å². The maximum absolute atomic E-state index is 15.9. The van der Waals surface area contributed by atoms with Gasteiger partial charge >= 0.3 is 0 Å². The van der Waals surface area contributed by atoms with E-state index in [2.05, 4.69) is 77.3 Å². The van der Waals surface area contributed by atoms with Gasteiger partial charge in [-0.05, 0) is 65.5 Å². The van der Waals surface area contributed by atoms with Gasteiger partial charge in [0.2, 0.25) is 5.69 Å². The fourth-order valence-corrected chi connectivity index (χ4v) is 7.21. The number of aromatic nitrogens is 1. The number of allylic oxidation sites excluding steroid dienone is 4. The van der Waals surface area contributed by atoms with Crippen LogP contribution in [0.2, 0.25) is 0 Å². The van der Waals surface area contributed by atoms with Gasteiger partial charge in [0.05, 0.1) is 11.1 Å². The average molecular weight is 495 g/mol. The highest BCUT2D eigenvalue weighted by Gasteiger charge is 2.50. The molecule has 0 N–H and O–H groups in total. The Balaban J connectivity index is 1.66. The Kier molecular flexibility index (Phi) is 5.00. The van der Waals surface area contributed by atoms with E-state index in [-0.39, 0.29) is 22.1 Å². The molecule has 190 valence electrons. The molecule has 6 rings (SSSR count). The van der Waals surface area contributed by atoms with Crippen molar-refractivity contribution >= 4 is 27.5 Å². The van der Waals surface area contributed by atoms with Crippen LogP contribution in [0, 0.1) is 29.0 Å². The number of halogens is 1. The molecule has 37 heavy (non-hydrogen) atoms. The number of aryl methyl sites for hydroxylation is 2. The third-order valence-electron chi connectivity index (χ3n) is 9.18. The Labute approximate surface area is 219 Å². The van der Waals surface area contributed by atoms with Gasteiger partial charge in [-0.25, -0.2) is 8.96 Å². The van der Waals surface area contributed by atoms with E-state index in [1.807, 2.05) is 31.4 Å². The second-order valence-corrected chi connectivity index (χ2v) is 13.0. The molecule has 0 spiro atoms. The lowest BCUT2D eigenvalue weighted by Crippen LogP contribution is -2.34. The fourth-order valence-electron chi connectivity index (χ4n) is 7.21. The summed E-state index contributed by atoms with van der Waals surface area (Å²) in [4.78, 5) is 0. The summed E-state index contributed by atoms with van der Waals surface area (Å²) in [5.74, 6) is -0.218. The number of benzene rings is 2. The first-order valence-electron chi connectivity index (χ1n) is 13.4. The molecule has 0 saturated heterocycles. The minimum absolute atomic E-state index is 0.0640. The van der Waals surface area contributed by atoms with Gasteiger partial charge in [0, 0.05) is 28.3 Å². The minimum Gasteiger partial charge on any atom is -0.454 e. The lowest BCUT2D eigenvalue weighted by Gasteiger charge is -2.46. The van der Waals surface area contributed by atoms with Crippen molar-refractivity contribution in [2.75, 3.05) is 0 Å². The number of hydrogen-bond donors (Lipinski definition) is 0. The molecule has 0 amide bonds. The van der Waals surface area contributed by atoms with Gasteiger partial charge in [0.1, 0.15) is 24.0 Å². The summed E-state index contributed by atoms with van der Waals surface area (Å²) < 4.78 is 24.8. The van der Waals surface area contributed by atoms with Crippen molar-refractivity contribution in [3.8, 4) is 11.3 Å². The zero-order valence-corrected chi connectivity index (χ0v) is 23.3. The van der Waals surface area contributed by atoms with Crippen molar-refractivity contribution in [1.29, 1.82) is 0 Å². The van der Waals surface area contributed by atoms with Crippen LogP contribution in [0.15, 0.2) is 70.3 Å². The Morgan fingerprint density at radius 2 is 1.46 bits per heavy atom. The van der Waals surface area contributed by atoms with E-state index in [1.54, 1.807) is 6.07 Å². The Morgan fingerprint density at radius 1 is 0.811 bits per heavy atom. The molecule has 0 saturated carbocycles. The zero-order chi connectivity index (χ0) is 26.5. The number of hydrogen-bond acceptors (Lipinski definition) is 1. The number of furan rings is 1. The summed E-state index contributed by atoms with van der Waals surface area (Å²) in [6.45, 7) is 16.0. The molecular formula is C34H37FNO+. The number of nitrogens with zero attached hydrogens (tertiary/aromatic N) is 1. The monoisotopic (exact) mass is 494 g/mol. The van der Waals surface area contributed by atoms with Gasteiger partial charge < -0.3 is 4.42 Å². The van der Waals surface area contributed by atoms with E-state index < -0.39 is 0 Å². The molecule has 2 nitrogen and oxygen atoms in total. The molecule has 2 aromatic heterocycles. The molecule has 2 heterocycles. The highest BCUT2D eigenvalue weighted by Crippen LogP contribution is 2.63. The molecule has 3 heteroatoms. The van der Waals surface area contributed by atoms with Crippen LogP contribution in [0.3, 0.4) is 0 Å². The third kappa shape index (κ3) is 3.32. The summed E-state index contributed by atoms with van der Waals surface area (Å²) in [5.41, 5.74) is 9.05. The van der Waals surface area contributed by atoms with Gasteiger partial charge in [0.15, 0.2) is 6.20 Å². The lowest BCUT2D eigenvalue weighted by atomic mass is 9.58. The predicted molar refractivity (Wildman–Crippen MR) is 151 cm³/mol. The van der Waals surface area contributed by atoms with Crippen molar-refractivity contribution in [3.05, 3.63) is 82.8 Å². The van der Waals surface area contributed by atoms with Gasteiger partial charge in [-0.1, -0.05) is 65.3 Å². The van der Waals surface area contributed by atoms with Gasteiger partial charge in [0.25, 0.3) is 0 Å². The smallest absolute Gasteiger partial charge is 0.216 e. The van der Waals surface area contributed by atoms with Crippen LogP contribution in [0.25, 0.3) is 38.8 Å². The molecule has 4 aromatic rings. The first kappa shape index (κ1) is 24.2. The van der Waals surface area contributed by atoms with Gasteiger partial charge in [-0.2, -0.15) is 0 Å². The molecule has 0 fully saturated rings. The minimum atomic E-state index is -0.296. The second-order valence-electron chi connectivity index (χ2n) is 13.0. The van der Waals surface area contributed by atoms with Crippen LogP contribution in [0.1, 0.15) is 65.5 Å². The van der Waals surface area contributed by atoms with Crippen molar-refractivity contribution in [3.63, 3.8) is 0 Å². The topological polar surface area (TPSA) is 17.0 Å². The Hall–Kier alpha value is -3.20. The lowest BCUT2D eigenvalue weighted by molar-refractivity contribution is -0.660. The SMILES string of the molecule is Cc1ccc2c(oc3c(C4=CC5=C(C(C)(C)CCC5(C)C)C4(C)C)c(F)ccc32)c1-c1cccc[n+]1C. The van der Waals surface area contributed by atoms with Crippen LogP contribution >= 0.6 is 0 Å². The largest absolute Gasteiger partial charge is 0.454 e. The summed E-state index contributed by atoms with van der Waals surface area (Å²) in [5, 5.41) is 1.99. The molecule has 0 aliphatic heterocycles. The molecule has 0 radical (unpaired) electrons. The fraction of sp³-hybridized carbons (Fsp3) is 0.382. The maximum atomic E-state index is 15.9. The van der Waals surface area contributed by atoms with Crippen LogP contribution < -0.4 is 4.57 Å². The second kappa shape index (κ2) is 7.66. The summed E-state index contributed by atoms with van der Waals surface area (Å²) in [7, 11) is 2.05. The van der Waals surface area contributed by atoms with E-state index in [4.69, 9.17) is 4.42 Å². The molecule has 0 atom stereocenters. The number of fused-ring (bicyclic) bond motifs is 3. The molecule has 2 aromatic carbocycles. The number of pyridine rings is 1. The molecule has 0 unspecified atom stereocenters. The van der Waals surface area contributed by atoms with Crippen molar-refractivity contribution in [2.24, 2.45) is 23.3 Å². The molecule has 2 aliphatic carbocycles. The normalized spacial score (nSPS) is 20.0. The predicted octanol–water partition coefficient (Wildman–Crippen LogP) is 9.09. The highest BCUT2D eigenvalue weighted by atomic mass is 19.1. The van der Waals surface area contributed by atoms with Crippen LogP contribution in [0.5, 0.6) is 0 Å². The van der Waals surface area contributed by atoms with E-state index >= 15 is 4.39 Å². The van der Waals surface area contributed by atoms with Crippen molar-refractivity contribution in [1.82, 2.24) is 0 Å². The summed E-state index contributed by atoms with van der Waals surface area (Å²) in [6.07, 6.45) is 6.61. The van der Waals surface area contributed by atoms with E-state index in [1.165, 1.54) is 11.1 Å². The maximum Gasteiger partial charge on any atom is 0.216 e. The van der Waals surface area contributed by atoms with E-state index in [0.717, 1.165) is 51.6 Å². The summed E-state index contributed by atoms with van der Waals surface area (Å²) >= 11 is 0. The molecule has 0 bridgehead atoms. The number of rotatable bonds is 2. The zero-order valence-electron chi connectivity index (χ0n) is 23.3. The Morgan fingerprint density at radius 3 is 2.14 bits per heavy atom. The van der Waals surface area contributed by atoms with Crippen molar-refractivity contribution in [2.45, 2.75) is 61.3 Å². The highest BCUT2D eigenvalue weighted by molar-refractivity contribution is 6.12. The van der Waals surface area contributed by atoms with Gasteiger partial charge in [-0.3, -0.25) is 0 Å². The van der Waals surface area contributed by atoms with E-state index in [0.29, 0.717) is 11.1 Å². The standard InChI is InChI=1S/C34H37FNO/c1-20-12-13-21-22-14-15-25(35)28(30(22)37-29(21)27(20)26-11-9-10-18-36(26)8)23-19-24-31(34(23,6)7)33(4,5)17-16-32(24,2)3/h9-15,18-19H,16-17H2,1-8H3/q+1. The van der Waals surface area contributed by atoms with Crippen LogP contribution in [-0.2, 0) is 7.05 Å². The first-order chi connectivity index (χ1) is 17.3. The Bertz CT molecular complexity index is 1680. The van der Waals surface area contributed by atoms with Crippen molar-refractivity contribution < 1.29 is 13.4 Å². The average Bonchev–Trinajstić information content (AvgIpc) is 3.33. The molecule has 2 aliphatic rings. The molecular weight excluding hydrogens is 457 g/mol. The third-order valence-corrected chi connectivity index (χ3v) is 9.18. The van der Waals surface area contributed by atoms with Crippen LogP contribution in [0.4, 0.5) is 4.39 Å². The van der Waals surface area contributed by atoms with Crippen LogP contribution in [-0.4, -0.2) is 0 Å². The first-order valence-corrected chi connectivity index (χ1v) is 13.4. The summed E-state index contributed by atoms with van der Waals surface area (Å²) in [6, 6.07) is 14.0.